The van der Waals surface area contributed by atoms with Crippen LogP contribution in [0.15, 0.2) is 82.6 Å². The number of benzene rings is 3. The Morgan fingerprint density at radius 1 is 0.959 bits per heavy atom. The van der Waals surface area contributed by atoms with E-state index in [1.54, 1.807) is 49.0 Å². The van der Waals surface area contributed by atoms with E-state index in [1.807, 2.05) is 49.4 Å². The van der Waals surface area contributed by atoms with Crippen LogP contribution in [-0.4, -0.2) is 47.1 Å². The zero-order valence-corrected chi connectivity index (χ0v) is 28.3. The molecule has 2 aliphatic carbocycles. The summed E-state index contributed by atoms with van der Waals surface area (Å²) in [7, 11) is 0. The monoisotopic (exact) mass is 695 g/mol. The topological polar surface area (TPSA) is 135 Å². The van der Waals surface area contributed by atoms with Gasteiger partial charge in [0.2, 0.25) is 11.8 Å². The molecule has 0 spiro atoms. The van der Waals surface area contributed by atoms with Crippen LogP contribution in [0.5, 0.6) is 5.75 Å². The highest BCUT2D eigenvalue weighted by molar-refractivity contribution is 8.00. The van der Waals surface area contributed by atoms with Gasteiger partial charge >= 0.3 is 10.8 Å². The van der Waals surface area contributed by atoms with Crippen LogP contribution in [0.25, 0.3) is 0 Å². The Labute approximate surface area is 290 Å². The lowest BCUT2D eigenvalue weighted by molar-refractivity contribution is -0.123. The molecule has 4 aromatic rings. The molecule has 2 saturated carbocycles. The molecule has 2 N–H and O–H groups in total. The standard InChI is InChI=1S/C37H33N3O7S2/c1-3-46-36(44)19-9-11-21(12-10-19)38-26(41)17-47-23-6-4-5-20(15-23)27-28-24-16-25(31(28)48-33-32(27)49-37(45)39-33)30-29(24)34(42)40(35(30)43)22-13-7-18(2)8-14-22/h4-15,24-25,27-31H,3,16-17H2,1-2H3,(H,38,41)(H,39,45)/t24-,25-,27-,28?,29?,30?,31?/m1/s1. The Balaban J connectivity index is 1.03. The van der Waals surface area contributed by atoms with Crippen LogP contribution >= 0.6 is 23.1 Å². The van der Waals surface area contributed by atoms with E-state index in [0.717, 1.165) is 27.5 Å². The molecule has 2 bridgehead atoms. The summed E-state index contributed by atoms with van der Waals surface area (Å²) < 4.78 is 10.9. The van der Waals surface area contributed by atoms with E-state index in [0.29, 0.717) is 22.7 Å². The first-order valence-electron chi connectivity index (χ1n) is 16.4. The van der Waals surface area contributed by atoms with Crippen LogP contribution in [0, 0.1) is 36.5 Å². The Kier molecular flexibility index (Phi) is 7.95. The maximum atomic E-state index is 14.0. The van der Waals surface area contributed by atoms with Crippen molar-refractivity contribution in [3.05, 3.63) is 104 Å². The number of fused-ring (bicyclic) bond motifs is 9. The highest BCUT2D eigenvalue weighted by atomic mass is 32.2. The summed E-state index contributed by atoms with van der Waals surface area (Å²) in [6.07, 6.45) is 0.795. The number of rotatable bonds is 8. The molecule has 250 valence electrons. The summed E-state index contributed by atoms with van der Waals surface area (Å²) in [5, 5.41) is 3.68. The Bertz CT molecular complexity index is 2040. The number of carbonyl (C=O) groups is 4. The van der Waals surface area contributed by atoms with Crippen LogP contribution in [-0.2, 0) is 19.1 Å². The number of aryl methyl sites for hydroxylation is 1. The van der Waals surface area contributed by atoms with Gasteiger partial charge in [0, 0.05) is 21.7 Å². The van der Waals surface area contributed by atoms with Gasteiger partial charge < -0.3 is 19.8 Å². The molecular formula is C37H33N3O7S2. The van der Waals surface area contributed by atoms with Gasteiger partial charge in [-0.2, -0.15) is 0 Å². The van der Waals surface area contributed by atoms with Crippen molar-refractivity contribution in [2.75, 3.05) is 23.4 Å². The number of hydrogen-bond donors (Lipinski definition) is 2. The number of amides is 3. The van der Waals surface area contributed by atoms with Gasteiger partial charge in [-0.25, -0.2) is 4.79 Å². The normalized spacial score (nSPS) is 26.2. The van der Waals surface area contributed by atoms with Crippen molar-refractivity contribution >= 4 is 58.2 Å². The molecule has 3 fully saturated rings. The second-order valence-electron chi connectivity index (χ2n) is 13.0. The van der Waals surface area contributed by atoms with Crippen molar-refractivity contribution in [3.8, 4) is 5.75 Å². The lowest BCUT2D eigenvalue weighted by Gasteiger charge is -2.43. The van der Waals surface area contributed by atoms with Gasteiger partial charge in [0.15, 0.2) is 6.61 Å². The molecule has 1 saturated heterocycles. The number of imide groups is 1. The molecule has 3 amide bonds. The first-order valence-corrected chi connectivity index (χ1v) is 18.1. The van der Waals surface area contributed by atoms with Crippen LogP contribution in [0.2, 0.25) is 0 Å². The summed E-state index contributed by atoms with van der Waals surface area (Å²) in [5.41, 5.74) is 3.53. The fourth-order valence-electron chi connectivity index (χ4n) is 8.39. The molecule has 1 aromatic heterocycles. The molecule has 3 aromatic carbocycles. The van der Waals surface area contributed by atoms with E-state index < -0.39 is 11.9 Å². The summed E-state index contributed by atoms with van der Waals surface area (Å²) in [6, 6.07) is 21.5. The number of H-pyrrole nitrogens is 1. The third-order valence-electron chi connectivity index (χ3n) is 10.3. The zero-order chi connectivity index (χ0) is 34.0. The quantitative estimate of drug-likeness (QED) is 0.179. The molecule has 4 unspecified atom stereocenters. The fraction of sp³-hybridized carbons (Fsp3) is 0.324. The number of esters is 1. The van der Waals surface area contributed by atoms with Crippen LogP contribution in [0.1, 0.15) is 45.6 Å². The van der Waals surface area contributed by atoms with Gasteiger partial charge in [-0.15, -0.1) is 11.8 Å². The number of nitrogens with one attached hydrogen (secondary N) is 2. The fourth-order valence-corrected chi connectivity index (χ4v) is 11.3. The molecule has 49 heavy (non-hydrogen) atoms. The summed E-state index contributed by atoms with van der Waals surface area (Å²) in [4.78, 5) is 70.5. The van der Waals surface area contributed by atoms with Gasteiger partial charge in [-0.05, 0) is 92.1 Å². The smallest absolute Gasteiger partial charge is 0.338 e. The molecule has 0 radical (unpaired) electrons. The molecule has 10 nitrogen and oxygen atoms in total. The third-order valence-corrected chi connectivity index (χ3v) is 12.9. The van der Waals surface area contributed by atoms with Gasteiger partial charge in [-0.3, -0.25) is 24.1 Å². The SMILES string of the molecule is CCOC(=O)c1ccc(NC(=O)COc2cccc([C@H]3c4sc(=O)[nH]c4SC4C3[C@H]3C[C@@H]4C4C(=O)N(c5ccc(C)cc5)C(=O)C43)c2)cc1. The van der Waals surface area contributed by atoms with E-state index in [9.17, 15) is 24.0 Å². The van der Waals surface area contributed by atoms with Crippen molar-refractivity contribution in [2.45, 2.75) is 36.5 Å². The molecule has 8 rings (SSSR count). The number of hydrogen-bond acceptors (Lipinski definition) is 9. The van der Waals surface area contributed by atoms with Crippen LogP contribution < -0.4 is 19.8 Å². The number of ether oxygens (including phenoxy) is 2. The lowest BCUT2D eigenvalue weighted by atomic mass is 9.68. The molecule has 3 heterocycles. The van der Waals surface area contributed by atoms with Crippen molar-refractivity contribution in [1.82, 2.24) is 4.98 Å². The number of thioether (sulfide) groups is 1. The first-order chi connectivity index (χ1) is 23.7. The minimum atomic E-state index is -0.427. The summed E-state index contributed by atoms with van der Waals surface area (Å²) in [6.45, 7) is 3.75. The Hall–Kier alpha value is -4.68. The maximum Gasteiger partial charge on any atom is 0.338 e. The van der Waals surface area contributed by atoms with Gasteiger partial charge in [0.1, 0.15) is 5.75 Å². The van der Waals surface area contributed by atoms with Crippen molar-refractivity contribution in [2.24, 2.45) is 29.6 Å². The number of aromatic nitrogens is 1. The number of aromatic amines is 1. The predicted molar refractivity (Wildman–Crippen MR) is 185 cm³/mol. The number of thiazole rings is 1. The molecule has 2 aliphatic heterocycles. The van der Waals surface area contributed by atoms with E-state index in [-0.39, 0.29) is 70.6 Å². The molecule has 4 aliphatic rings. The van der Waals surface area contributed by atoms with Gasteiger partial charge in [0.05, 0.1) is 34.7 Å². The Morgan fingerprint density at radius 3 is 2.43 bits per heavy atom. The minimum Gasteiger partial charge on any atom is -0.484 e. The average Bonchev–Trinajstić information content (AvgIpc) is 3.83. The zero-order valence-electron chi connectivity index (χ0n) is 26.7. The molecule has 12 heteroatoms. The van der Waals surface area contributed by atoms with E-state index in [1.165, 1.54) is 16.2 Å². The second-order valence-corrected chi connectivity index (χ2v) is 15.2. The maximum absolute atomic E-state index is 14.0. The number of carbonyl (C=O) groups excluding carboxylic acids is 4. The number of nitrogens with zero attached hydrogens (tertiary/aromatic N) is 1. The van der Waals surface area contributed by atoms with Crippen LogP contribution in [0.4, 0.5) is 11.4 Å². The van der Waals surface area contributed by atoms with Crippen molar-refractivity contribution in [3.63, 3.8) is 0 Å². The average molecular weight is 696 g/mol. The van der Waals surface area contributed by atoms with Gasteiger partial charge in [0.25, 0.3) is 5.91 Å². The van der Waals surface area contributed by atoms with E-state index in [4.69, 9.17) is 9.47 Å². The lowest BCUT2D eigenvalue weighted by Crippen LogP contribution is -2.42. The molecule has 7 atom stereocenters. The summed E-state index contributed by atoms with van der Waals surface area (Å²) >= 11 is 2.85. The van der Waals surface area contributed by atoms with E-state index in [2.05, 4.69) is 10.3 Å². The summed E-state index contributed by atoms with van der Waals surface area (Å²) in [5.74, 6) is -1.41. The van der Waals surface area contributed by atoms with Crippen molar-refractivity contribution in [1.29, 1.82) is 0 Å². The van der Waals surface area contributed by atoms with E-state index >= 15 is 0 Å². The number of anilines is 2. The highest BCUT2D eigenvalue weighted by Gasteiger charge is 2.69. The van der Waals surface area contributed by atoms with Crippen molar-refractivity contribution < 1.29 is 28.7 Å². The molecular weight excluding hydrogens is 663 g/mol. The third kappa shape index (κ3) is 5.37. The van der Waals surface area contributed by atoms with Crippen LogP contribution in [0.3, 0.4) is 0 Å². The predicted octanol–water partition coefficient (Wildman–Crippen LogP) is 5.62. The minimum absolute atomic E-state index is 0.0136. The largest absolute Gasteiger partial charge is 0.484 e. The second kappa shape index (κ2) is 12.3. The highest BCUT2D eigenvalue weighted by Crippen LogP contribution is 2.68. The Morgan fingerprint density at radius 2 is 1.69 bits per heavy atom. The first kappa shape index (κ1) is 31.6. The van der Waals surface area contributed by atoms with Gasteiger partial charge in [-0.1, -0.05) is 41.2 Å².